The van der Waals surface area contributed by atoms with Gasteiger partial charge in [0, 0.05) is 23.3 Å². The predicted octanol–water partition coefficient (Wildman–Crippen LogP) is 7.32. The van der Waals surface area contributed by atoms with Crippen molar-refractivity contribution in [2.75, 3.05) is 6.61 Å². The minimum absolute atomic E-state index is 0.118. The van der Waals surface area contributed by atoms with E-state index in [1.54, 1.807) is 6.07 Å². The summed E-state index contributed by atoms with van der Waals surface area (Å²) in [4.78, 5) is 12.5. The molecule has 31 heavy (non-hydrogen) atoms. The third kappa shape index (κ3) is 6.28. The van der Waals surface area contributed by atoms with Gasteiger partial charge in [-0.2, -0.15) is 0 Å². The largest absolute Gasteiger partial charge is 0.494 e. The van der Waals surface area contributed by atoms with Gasteiger partial charge in [-0.05, 0) is 62.8 Å². The van der Waals surface area contributed by atoms with Crippen LogP contribution in [0, 0.1) is 23.5 Å². The molecule has 0 saturated heterocycles. The van der Waals surface area contributed by atoms with Crippen molar-refractivity contribution >= 4 is 5.97 Å². The van der Waals surface area contributed by atoms with E-state index in [0.717, 1.165) is 31.7 Å². The number of carbonyl (C=O) groups is 1. The van der Waals surface area contributed by atoms with Crippen molar-refractivity contribution < 1.29 is 23.0 Å². The van der Waals surface area contributed by atoms with E-state index in [-0.39, 0.29) is 28.8 Å². The highest BCUT2D eigenvalue weighted by atomic mass is 19.1. The Bertz CT molecular complexity index is 873. The Labute approximate surface area is 183 Å². The van der Waals surface area contributed by atoms with Crippen molar-refractivity contribution in [1.82, 2.24) is 0 Å². The number of ether oxygens (including phenoxy) is 2. The standard InChI is InChI=1S/C26H32F2O3/c1-3-5-6-7-18-8-10-19(11-9-18)26(29)31-21-13-15-23(25(28)17-21)22-14-12-20(30-4-2)16-24(22)27/h12-19H,3-11H2,1-2H3. The summed E-state index contributed by atoms with van der Waals surface area (Å²) < 4.78 is 39.8. The molecule has 0 heterocycles. The summed E-state index contributed by atoms with van der Waals surface area (Å²) >= 11 is 0. The highest BCUT2D eigenvalue weighted by Crippen LogP contribution is 2.34. The normalized spacial score (nSPS) is 18.6. The fourth-order valence-corrected chi connectivity index (χ4v) is 4.32. The number of halogens is 2. The maximum absolute atomic E-state index is 14.7. The van der Waals surface area contributed by atoms with Gasteiger partial charge >= 0.3 is 5.97 Å². The van der Waals surface area contributed by atoms with Crippen molar-refractivity contribution in [2.24, 2.45) is 11.8 Å². The molecular weight excluding hydrogens is 398 g/mol. The molecule has 0 atom stereocenters. The van der Waals surface area contributed by atoms with Crippen LogP contribution in [-0.4, -0.2) is 12.6 Å². The first-order valence-corrected chi connectivity index (χ1v) is 11.5. The van der Waals surface area contributed by atoms with Gasteiger partial charge in [0.1, 0.15) is 23.1 Å². The van der Waals surface area contributed by atoms with Crippen molar-refractivity contribution in [3.05, 3.63) is 48.0 Å². The minimum atomic E-state index is -0.631. The Morgan fingerprint density at radius 3 is 2.10 bits per heavy atom. The Kier molecular flexibility index (Phi) is 8.44. The number of esters is 1. The summed E-state index contributed by atoms with van der Waals surface area (Å²) in [5.74, 6) is -0.368. The lowest BCUT2D eigenvalue weighted by molar-refractivity contribution is -0.140. The third-order valence-corrected chi connectivity index (χ3v) is 6.10. The molecule has 0 bridgehead atoms. The number of unbranched alkanes of at least 4 members (excludes halogenated alkanes) is 2. The maximum Gasteiger partial charge on any atom is 0.314 e. The first-order chi connectivity index (χ1) is 15.0. The minimum Gasteiger partial charge on any atom is -0.494 e. The summed E-state index contributed by atoms with van der Waals surface area (Å²) in [6, 6.07) is 8.45. The number of hydrogen-bond acceptors (Lipinski definition) is 3. The highest BCUT2D eigenvalue weighted by Gasteiger charge is 2.27. The number of rotatable bonds is 9. The van der Waals surface area contributed by atoms with Crippen LogP contribution in [0.2, 0.25) is 0 Å². The van der Waals surface area contributed by atoms with Gasteiger partial charge in [-0.3, -0.25) is 4.79 Å². The van der Waals surface area contributed by atoms with E-state index < -0.39 is 11.6 Å². The predicted molar refractivity (Wildman–Crippen MR) is 118 cm³/mol. The first kappa shape index (κ1) is 23.2. The van der Waals surface area contributed by atoms with Crippen LogP contribution < -0.4 is 9.47 Å². The third-order valence-electron chi connectivity index (χ3n) is 6.10. The van der Waals surface area contributed by atoms with Crippen LogP contribution >= 0.6 is 0 Å². The molecule has 2 aromatic carbocycles. The van der Waals surface area contributed by atoms with Gasteiger partial charge in [-0.15, -0.1) is 0 Å². The Morgan fingerprint density at radius 2 is 1.52 bits per heavy atom. The molecule has 1 fully saturated rings. The zero-order valence-electron chi connectivity index (χ0n) is 18.5. The summed E-state index contributed by atoms with van der Waals surface area (Å²) in [6.45, 7) is 4.44. The second-order valence-corrected chi connectivity index (χ2v) is 8.35. The Hall–Kier alpha value is -2.43. The molecule has 0 spiro atoms. The van der Waals surface area contributed by atoms with E-state index in [4.69, 9.17) is 9.47 Å². The van der Waals surface area contributed by atoms with E-state index >= 15 is 0 Å². The Morgan fingerprint density at radius 1 is 0.903 bits per heavy atom. The van der Waals surface area contributed by atoms with Crippen LogP contribution in [0.5, 0.6) is 11.5 Å². The SMILES string of the molecule is CCCCCC1CCC(C(=O)Oc2ccc(-c3ccc(OCC)cc3F)c(F)c2)CC1. The van der Waals surface area contributed by atoms with Crippen LogP contribution in [0.3, 0.4) is 0 Å². The zero-order valence-corrected chi connectivity index (χ0v) is 18.5. The van der Waals surface area contributed by atoms with Crippen molar-refractivity contribution in [3.63, 3.8) is 0 Å². The van der Waals surface area contributed by atoms with E-state index in [1.165, 1.54) is 49.9 Å². The second kappa shape index (κ2) is 11.3. The molecule has 0 aliphatic heterocycles. The van der Waals surface area contributed by atoms with Crippen LogP contribution in [0.4, 0.5) is 8.78 Å². The average molecular weight is 431 g/mol. The summed E-state index contributed by atoms with van der Waals surface area (Å²) in [7, 11) is 0. The molecule has 0 amide bonds. The topological polar surface area (TPSA) is 35.5 Å². The molecule has 5 heteroatoms. The molecule has 1 aliphatic carbocycles. The molecule has 3 rings (SSSR count). The summed E-state index contributed by atoms with van der Waals surface area (Å²) in [5.41, 5.74) is 0.258. The molecule has 0 unspecified atom stereocenters. The lowest BCUT2D eigenvalue weighted by Gasteiger charge is -2.27. The van der Waals surface area contributed by atoms with Gasteiger partial charge in [0.15, 0.2) is 0 Å². The monoisotopic (exact) mass is 430 g/mol. The molecule has 1 saturated carbocycles. The molecule has 0 radical (unpaired) electrons. The number of hydrogen-bond donors (Lipinski definition) is 0. The van der Waals surface area contributed by atoms with Gasteiger partial charge in [0.2, 0.25) is 0 Å². The van der Waals surface area contributed by atoms with Crippen LogP contribution in [-0.2, 0) is 4.79 Å². The van der Waals surface area contributed by atoms with Gasteiger partial charge in [0.25, 0.3) is 0 Å². The van der Waals surface area contributed by atoms with Crippen molar-refractivity contribution in [3.8, 4) is 22.6 Å². The molecule has 1 aliphatic rings. The molecule has 0 aromatic heterocycles. The van der Waals surface area contributed by atoms with Crippen LogP contribution in [0.15, 0.2) is 36.4 Å². The highest BCUT2D eigenvalue weighted by molar-refractivity contribution is 5.75. The lowest BCUT2D eigenvalue weighted by atomic mass is 9.80. The summed E-state index contributed by atoms with van der Waals surface area (Å²) in [6.07, 6.45) is 8.75. The van der Waals surface area contributed by atoms with Crippen molar-refractivity contribution in [1.29, 1.82) is 0 Å². The van der Waals surface area contributed by atoms with E-state index in [0.29, 0.717) is 18.3 Å². The lowest BCUT2D eigenvalue weighted by Crippen LogP contribution is -2.25. The maximum atomic E-state index is 14.7. The van der Waals surface area contributed by atoms with Crippen molar-refractivity contribution in [2.45, 2.75) is 65.2 Å². The number of carbonyl (C=O) groups excluding carboxylic acids is 1. The van der Waals surface area contributed by atoms with Gasteiger partial charge < -0.3 is 9.47 Å². The summed E-state index contributed by atoms with van der Waals surface area (Å²) in [5, 5.41) is 0. The van der Waals surface area contributed by atoms with Gasteiger partial charge in [-0.25, -0.2) is 8.78 Å². The fourth-order valence-electron chi connectivity index (χ4n) is 4.32. The molecule has 3 nitrogen and oxygen atoms in total. The van der Waals surface area contributed by atoms with E-state index in [1.807, 2.05) is 6.92 Å². The van der Waals surface area contributed by atoms with Crippen LogP contribution in [0.1, 0.15) is 65.2 Å². The van der Waals surface area contributed by atoms with E-state index in [9.17, 15) is 13.6 Å². The average Bonchev–Trinajstić information content (AvgIpc) is 2.75. The van der Waals surface area contributed by atoms with Gasteiger partial charge in [-0.1, -0.05) is 32.6 Å². The second-order valence-electron chi connectivity index (χ2n) is 8.35. The fraction of sp³-hybridized carbons (Fsp3) is 0.500. The molecular formula is C26H32F2O3. The molecule has 2 aromatic rings. The van der Waals surface area contributed by atoms with E-state index in [2.05, 4.69) is 6.92 Å². The quantitative estimate of drug-likeness (QED) is 0.237. The smallest absolute Gasteiger partial charge is 0.314 e. The zero-order chi connectivity index (χ0) is 22.2. The Balaban J connectivity index is 1.59. The van der Waals surface area contributed by atoms with Crippen LogP contribution in [0.25, 0.3) is 11.1 Å². The molecule has 0 N–H and O–H groups in total. The molecule has 168 valence electrons. The number of benzene rings is 2. The first-order valence-electron chi connectivity index (χ1n) is 11.5. The van der Waals surface area contributed by atoms with Gasteiger partial charge in [0.05, 0.1) is 12.5 Å².